The maximum absolute atomic E-state index is 12.0. The third-order valence-electron chi connectivity index (χ3n) is 3.03. The number of fused-ring (bicyclic) bond motifs is 3. The van der Waals surface area contributed by atoms with Crippen LogP contribution < -0.4 is 0 Å². The van der Waals surface area contributed by atoms with E-state index >= 15 is 0 Å². The normalized spacial score (nSPS) is 12.2. The van der Waals surface area contributed by atoms with E-state index < -0.39 is 7.65 Å². The summed E-state index contributed by atoms with van der Waals surface area (Å²) in [5.74, 6) is 0. The minimum atomic E-state index is -1.76. The smallest absolute Gasteiger partial charge is 0.250 e. The van der Waals surface area contributed by atoms with Gasteiger partial charge in [0.1, 0.15) is 0 Å². The molecule has 0 amide bonds. The highest BCUT2D eigenvalue weighted by atomic mass is 31.1. The van der Waals surface area contributed by atoms with Gasteiger partial charge in [-0.1, -0.05) is 25.1 Å². The number of rotatable bonds is 1. The zero-order valence-corrected chi connectivity index (χ0v) is 10.4. The molecule has 1 atom stereocenters. The van der Waals surface area contributed by atoms with Crippen molar-refractivity contribution in [3.8, 4) is 0 Å². The van der Waals surface area contributed by atoms with Gasteiger partial charge in [0, 0.05) is 10.8 Å². The van der Waals surface area contributed by atoms with Crippen molar-refractivity contribution in [2.75, 3.05) is 0 Å². The molecule has 1 unspecified atom stereocenters. The lowest BCUT2D eigenvalue weighted by atomic mass is 10.1. The predicted octanol–water partition coefficient (Wildman–Crippen LogP) is 4.89. The summed E-state index contributed by atoms with van der Waals surface area (Å²) in [6.45, 7) is 2.10. The monoisotopic (exact) mass is 243 g/mol. The Morgan fingerprint density at radius 2 is 1.94 bits per heavy atom. The second-order valence-electron chi connectivity index (χ2n) is 4.05. The van der Waals surface area contributed by atoms with Gasteiger partial charge in [-0.15, -0.1) is 0 Å². The van der Waals surface area contributed by atoms with Crippen LogP contribution in [0.15, 0.2) is 46.7 Å². The maximum Gasteiger partial charge on any atom is 0.597 e. The molecule has 17 heavy (non-hydrogen) atoms. The minimum absolute atomic E-state index is 0.740. The van der Waals surface area contributed by atoms with Crippen LogP contribution in [0.25, 0.3) is 21.5 Å². The Bertz CT molecular complexity index is 759. The Balaban J connectivity index is 2.53. The molecule has 2 nitrogen and oxygen atoms in total. The molecular weight excluding hydrogens is 231 g/mol. The lowest BCUT2D eigenvalue weighted by Gasteiger charge is -1.99. The van der Waals surface area contributed by atoms with Crippen LogP contribution in [-0.4, -0.2) is 0 Å². The topological polar surface area (TPSA) is 30.2 Å². The summed E-state index contributed by atoms with van der Waals surface area (Å²) in [6, 6.07) is 13.8. The Kier molecular flexibility index (Phi) is 2.45. The van der Waals surface area contributed by atoms with Gasteiger partial charge < -0.3 is 0 Å². The van der Waals surface area contributed by atoms with Crippen LogP contribution in [0.1, 0.15) is 12.5 Å². The molecule has 0 spiro atoms. The van der Waals surface area contributed by atoms with E-state index in [9.17, 15) is 4.57 Å². The van der Waals surface area contributed by atoms with Crippen LogP contribution in [0.5, 0.6) is 0 Å². The molecular formula is C14H12O2P+. The zero-order chi connectivity index (χ0) is 11.8. The van der Waals surface area contributed by atoms with Gasteiger partial charge in [0.15, 0.2) is 5.58 Å². The van der Waals surface area contributed by atoms with Gasteiger partial charge in [-0.3, -0.25) is 0 Å². The lowest BCUT2D eigenvalue weighted by molar-refractivity contribution is 0.563. The van der Waals surface area contributed by atoms with Crippen molar-refractivity contribution in [3.63, 3.8) is 0 Å². The molecule has 0 aliphatic carbocycles. The highest BCUT2D eigenvalue weighted by molar-refractivity contribution is 7.37. The fraction of sp³-hybridized carbons (Fsp3) is 0.143. The largest absolute Gasteiger partial charge is 0.597 e. The highest BCUT2D eigenvalue weighted by Gasteiger charge is 2.15. The summed E-state index contributed by atoms with van der Waals surface area (Å²) < 4.78 is 17.5. The van der Waals surface area contributed by atoms with Crippen LogP contribution in [0.4, 0.5) is 0 Å². The Labute approximate surface area is 99.7 Å². The van der Waals surface area contributed by atoms with Gasteiger partial charge in [0.05, 0.1) is 0 Å². The molecule has 0 aliphatic heterocycles. The van der Waals surface area contributed by atoms with Crippen LogP contribution in [0.2, 0.25) is 0 Å². The van der Waals surface area contributed by atoms with E-state index in [1.54, 1.807) is 0 Å². The van der Waals surface area contributed by atoms with E-state index in [0.29, 0.717) is 0 Å². The van der Waals surface area contributed by atoms with Gasteiger partial charge in [0.25, 0.3) is 0 Å². The van der Waals surface area contributed by atoms with E-state index in [4.69, 9.17) is 4.20 Å². The van der Waals surface area contributed by atoms with E-state index in [2.05, 4.69) is 19.1 Å². The molecule has 84 valence electrons. The van der Waals surface area contributed by atoms with Crippen molar-refractivity contribution in [2.24, 2.45) is 0 Å². The average molecular weight is 243 g/mol. The van der Waals surface area contributed by atoms with Gasteiger partial charge in [-0.25, -0.2) is 4.20 Å². The van der Waals surface area contributed by atoms with Gasteiger partial charge >= 0.3 is 7.65 Å². The quantitative estimate of drug-likeness (QED) is 0.569. The Morgan fingerprint density at radius 3 is 2.76 bits per heavy atom. The first-order valence-electron chi connectivity index (χ1n) is 5.67. The summed E-state index contributed by atoms with van der Waals surface area (Å²) in [6.07, 6.45) is 0.953. The average Bonchev–Trinajstić information content (AvgIpc) is 2.38. The molecule has 2 aromatic carbocycles. The molecule has 0 N–H and O–H groups in total. The highest BCUT2D eigenvalue weighted by Crippen LogP contribution is 2.35. The molecule has 3 rings (SSSR count). The molecule has 1 aromatic heterocycles. The van der Waals surface area contributed by atoms with Crippen LogP contribution in [0, 0.1) is 0 Å². The molecule has 0 fully saturated rings. The first-order chi connectivity index (χ1) is 8.29. The van der Waals surface area contributed by atoms with Gasteiger partial charge in [-0.2, -0.15) is 0 Å². The van der Waals surface area contributed by atoms with E-state index in [-0.39, 0.29) is 0 Å². The standard InChI is InChI=1S/C14H12O2P/c1-2-10-7-8-11-12-5-3-4-6-14(12)17(15)16-13(11)9-10/h3-9H,2H2,1H3/q+1. The first kappa shape index (κ1) is 10.5. The molecule has 1 heterocycles. The van der Waals surface area contributed by atoms with Crippen molar-refractivity contribution >= 4 is 29.1 Å². The van der Waals surface area contributed by atoms with Crippen LogP contribution in [-0.2, 0) is 11.0 Å². The fourth-order valence-corrected chi connectivity index (χ4v) is 3.11. The lowest BCUT2D eigenvalue weighted by Crippen LogP contribution is -1.80. The number of benzene rings is 2. The van der Waals surface area contributed by atoms with Crippen LogP contribution >= 0.6 is 7.65 Å². The second kappa shape index (κ2) is 3.97. The van der Waals surface area contributed by atoms with Gasteiger partial charge in [-0.05, 0) is 40.8 Å². The molecule has 0 bridgehead atoms. The number of hydrogen-bond acceptors (Lipinski definition) is 2. The summed E-state index contributed by atoms with van der Waals surface area (Å²) in [7, 11) is -1.76. The SMILES string of the molecule is CCc1ccc2c(c1)o[p+](=O)c1ccccc21. The molecule has 0 aliphatic rings. The van der Waals surface area contributed by atoms with Crippen LogP contribution in [0.3, 0.4) is 0 Å². The van der Waals surface area contributed by atoms with Crippen molar-refractivity contribution in [1.82, 2.24) is 0 Å². The fourth-order valence-electron chi connectivity index (χ4n) is 2.08. The third-order valence-corrected chi connectivity index (χ3v) is 4.17. The van der Waals surface area contributed by atoms with Crippen molar-refractivity contribution in [1.29, 1.82) is 0 Å². The number of hydrogen-bond donors (Lipinski definition) is 0. The molecule has 0 saturated heterocycles. The van der Waals surface area contributed by atoms with Gasteiger partial charge in [0.2, 0.25) is 5.12 Å². The molecule has 3 aromatic rings. The summed E-state index contributed by atoms with van der Waals surface area (Å²) >= 11 is 0. The number of aryl methyl sites for hydroxylation is 1. The van der Waals surface area contributed by atoms with Crippen molar-refractivity contribution in [3.05, 3.63) is 48.0 Å². The van der Waals surface area contributed by atoms with E-state index in [1.165, 1.54) is 5.56 Å². The third kappa shape index (κ3) is 1.65. The Morgan fingerprint density at radius 1 is 1.12 bits per heavy atom. The van der Waals surface area contributed by atoms with Crippen molar-refractivity contribution < 1.29 is 8.76 Å². The summed E-state index contributed by atoms with van der Waals surface area (Å²) in [5.41, 5.74) is 1.94. The maximum atomic E-state index is 12.0. The molecule has 0 radical (unpaired) electrons. The second-order valence-corrected chi connectivity index (χ2v) is 5.23. The Hall–Kier alpha value is -1.66. The zero-order valence-electron chi connectivity index (χ0n) is 9.51. The van der Waals surface area contributed by atoms with E-state index in [0.717, 1.165) is 27.9 Å². The minimum Gasteiger partial charge on any atom is -0.250 e. The first-order valence-corrected chi connectivity index (χ1v) is 6.85. The molecule has 3 heteroatoms. The molecule has 0 saturated carbocycles. The van der Waals surface area contributed by atoms with E-state index in [1.807, 2.05) is 30.3 Å². The predicted molar refractivity (Wildman–Crippen MR) is 70.7 cm³/mol. The van der Waals surface area contributed by atoms with Crippen molar-refractivity contribution in [2.45, 2.75) is 13.3 Å². The summed E-state index contributed by atoms with van der Waals surface area (Å²) in [4.78, 5) is 0. The summed E-state index contributed by atoms with van der Waals surface area (Å²) in [5, 5.41) is 2.85.